The summed E-state index contributed by atoms with van der Waals surface area (Å²) in [5, 5.41) is 26.3. The number of hydrogen-bond acceptors (Lipinski definition) is 6. The Morgan fingerprint density at radius 3 is 1.96 bits per heavy atom. The van der Waals surface area contributed by atoms with Crippen LogP contribution in [0, 0.1) is 0 Å². The SMILES string of the molecule is O=C(N/N=C\C(C[C@H](O)CO)=N/NC(=O)c1ccccc1)c1ccccc1. The van der Waals surface area contributed by atoms with Gasteiger partial charge in [0.15, 0.2) is 0 Å². The highest BCUT2D eigenvalue weighted by atomic mass is 16.3. The number of hydrogen-bond donors (Lipinski definition) is 4. The Labute approximate surface area is 156 Å². The first-order valence-electron chi connectivity index (χ1n) is 8.19. The van der Waals surface area contributed by atoms with Crippen LogP contribution in [-0.2, 0) is 0 Å². The molecule has 0 fully saturated rings. The van der Waals surface area contributed by atoms with Crippen molar-refractivity contribution < 1.29 is 19.8 Å². The van der Waals surface area contributed by atoms with Gasteiger partial charge in [-0.05, 0) is 24.3 Å². The summed E-state index contributed by atoms with van der Waals surface area (Å²) in [6.45, 7) is -0.476. The van der Waals surface area contributed by atoms with Crippen LogP contribution in [0.2, 0.25) is 0 Å². The molecular formula is C19H20N4O4. The number of rotatable bonds is 8. The fraction of sp³-hybridized carbons (Fsp3) is 0.158. The second-order valence-electron chi connectivity index (χ2n) is 5.52. The lowest BCUT2D eigenvalue weighted by molar-refractivity contribution is 0.0944. The summed E-state index contributed by atoms with van der Waals surface area (Å²) >= 11 is 0. The number of carbonyl (C=O) groups excluding carboxylic acids is 2. The van der Waals surface area contributed by atoms with Gasteiger partial charge < -0.3 is 10.2 Å². The summed E-state index contributed by atoms with van der Waals surface area (Å²) in [5.41, 5.74) is 5.70. The van der Waals surface area contributed by atoms with Crippen LogP contribution in [0.1, 0.15) is 27.1 Å². The van der Waals surface area contributed by atoms with E-state index in [0.717, 1.165) is 0 Å². The topological polar surface area (TPSA) is 123 Å². The molecule has 0 unspecified atom stereocenters. The Morgan fingerprint density at radius 1 is 0.926 bits per heavy atom. The predicted molar refractivity (Wildman–Crippen MR) is 101 cm³/mol. The van der Waals surface area contributed by atoms with Gasteiger partial charge in [0.2, 0.25) is 0 Å². The molecule has 0 radical (unpaired) electrons. The van der Waals surface area contributed by atoms with Gasteiger partial charge in [-0.15, -0.1) is 0 Å². The highest BCUT2D eigenvalue weighted by Crippen LogP contribution is 1.99. The lowest BCUT2D eigenvalue weighted by atomic mass is 10.2. The summed E-state index contributed by atoms with van der Waals surface area (Å²) in [6.07, 6.45) is 0.0648. The van der Waals surface area contributed by atoms with Crippen molar-refractivity contribution in [1.29, 1.82) is 0 Å². The minimum atomic E-state index is -1.08. The third kappa shape index (κ3) is 6.81. The molecule has 140 valence electrons. The Hall–Kier alpha value is -3.36. The van der Waals surface area contributed by atoms with Crippen LogP contribution in [-0.4, -0.2) is 46.7 Å². The maximum absolute atomic E-state index is 12.0. The van der Waals surface area contributed by atoms with Gasteiger partial charge in [0.25, 0.3) is 11.8 Å². The van der Waals surface area contributed by atoms with Crippen molar-refractivity contribution in [2.24, 2.45) is 10.2 Å². The van der Waals surface area contributed by atoms with Crippen molar-refractivity contribution >= 4 is 23.7 Å². The third-order valence-corrected chi connectivity index (χ3v) is 3.41. The minimum absolute atomic E-state index is 0.0592. The largest absolute Gasteiger partial charge is 0.394 e. The van der Waals surface area contributed by atoms with E-state index in [1.165, 1.54) is 6.21 Å². The van der Waals surface area contributed by atoms with Gasteiger partial charge in [0, 0.05) is 17.5 Å². The van der Waals surface area contributed by atoms with Crippen molar-refractivity contribution in [3.05, 3.63) is 71.8 Å². The number of nitrogens with zero attached hydrogens (tertiary/aromatic N) is 2. The number of hydrazone groups is 2. The summed E-state index contributed by atoms with van der Waals surface area (Å²) in [7, 11) is 0. The van der Waals surface area contributed by atoms with Crippen LogP contribution in [0.25, 0.3) is 0 Å². The van der Waals surface area contributed by atoms with E-state index in [4.69, 9.17) is 5.11 Å². The highest BCUT2D eigenvalue weighted by molar-refractivity contribution is 6.31. The predicted octanol–water partition coefficient (Wildman–Crippen LogP) is 0.932. The maximum atomic E-state index is 12.0. The van der Waals surface area contributed by atoms with E-state index < -0.39 is 24.5 Å². The van der Waals surface area contributed by atoms with E-state index in [1.54, 1.807) is 60.7 Å². The molecule has 2 rings (SSSR count). The van der Waals surface area contributed by atoms with Crippen LogP contribution in [0.5, 0.6) is 0 Å². The number of amides is 2. The lowest BCUT2D eigenvalue weighted by Crippen LogP contribution is -2.25. The van der Waals surface area contributed by atoms with E-state index >= 15 is 0 Å². The minimum Gasteiger partial charge on any atom is -0.394 e. The molecule has 0 spiro atoms. The fourth-order valence-corrected chi connectivity index (χ4v) is 2.03. The van der Waals surface area contributed by atoms with Crippen molar-refractivity contribution in [2.75, 3.05) is 6.61 Å². The summed E-state index contributed by atoms with van der Waals surface area (Å²) < 4.78 is 0. The molecule has 0 aromatic heterocycles. The van der Waals surface area contributed by atoms with Gasteiger partial charge in [0.05, 0.1) is 24.6 Å². The summed E-state index contributed by atoms with van der Waals surface area (Å²) in [4.78, 5) is 24.0. The Bertz CT molecular complexity index is 807. The zero-order chi connectivity index (χ0) is 19.5. The van der Waals surface area contributed by atoms with Crippen LogP contribution >= 0.6 is 0 Å². The van der Waals surface area contributed by atoms with Gasteiger partial charge in [0.1, 0.15) is 0 Å². The molecular weight excluding hydrogens is 348 g/mol. The first-order chi connectivity index (χ1) is 13.1. The molecule has 0 saturated heterocycles. The van der Waals surface area contributed by atoms with Gasteiger partial charge in [-0.3, -0.25) is 9.59 Å². The van der Waals surface area contributed by atoms with Gasteiger partial charge in [-0.1, -0.05) is 36.4 Å². The quantitative estimate of drug-likeness (QED) is 0.409. The molecule has 0 heterocycles. The molecule has 8 heteroatoms. The van der Waals surface area contributed by atoms with E-state index in [2.05, 4.69) is 21.1 Å². The normalized spacial score (nSPS) is 12.6. The van der Waals surface area contributed by atoms with Gasteiger partial charge in [-0.2, -0.15) is 10.2 Å². The molecule has 0 aliphatic heterocycles. The number of benzene rings is 2. The van der Waals surface area contributed by atoms with E-state index in [-0.39, 0.29) is 12.1 Å². The molecule has 1 atom stereocenters. The van der Waals surface area contributed by atoms with Crippen molar-refractivity contribution in [3.8, 4) is 0 Å². The molecule has 0 aliphatic rings. The molecule has 2 aromatic carbocycles. The zero-order valence-corrected chi connectivity index (χ0v) is 14.4. The Morgan fingerprint density at radius 2 is 1.44 bits per heavy atom. The smallest absolute Gasteiger partial charge is 0.271 e. The summed E-state index contributed by atoms with van der Waals surface area (Å²) in [6, 6.07) is 17.0. The first kappa shape index (κ1) is 20.0. The monoisotopic (exact) mass is 368 g/mol. The average molecular weight is 368 g/mol. The van der Waals surface area contributed by atoms with Crippen molar-refractivity contribution in [3.63, 3.8) is 0 Å². The van der Waals surface area contributed by atoms with E-state index in [9.17, 15) is 14.7 Å². The van der Waals surface area contributed by atoms with Crippen molar-refractivity contribution in [2.45, 2.75) is 12.5 Å². The standard InChI is InChI=1S/C19H20N4O4/c24-13-17(25)11-16(21-23-19(27)15-9-5-2-6-10-15)12-20-22-18(26)14-7-3-1-4-8-14/h1-10,12,17,24-25H,11,13H2,(H,22,26)(H,23,27)/b20-12-,21-16-/t17-/m0/s1. The third-order valence-electron chi connectivity index (χ3n) is 3.41. The zero-order valence-electron chi connectivity index (χ0n) is 14.4. The lowest BCUT2D eigenvalue weighted by Gasteiger charge is -2.07. The van der Waals surface area contributed by atoms with Crippen LogP contribution in [0.15, 0.2) is 70.9 Å². The van der Waals surface area contributed by atoms with Gasteiger partial charge >= 0.3 is 0 Å². The number of aliphatic hydroxyl groups is 2. The Kier molecular flexibility index (Phi) is 7.83. The molecule has 8 nitrogen and oxygen atoms in total. The van der Waals surface area contributed by atoms with Crippen LogP contribution in [0.3, 0.4) is 0 Å². The number of nitrogens with one attached hydrogen (secondary N) is 2. The first-order valence-corrected chi connectivity index (χ1v) is 8.19. The van der Waals surface area contributed by atoms with Crippen molar-refractivity contribution in [1.82, 2.24) is 10.9 Å². The molecule has 27 heavy (non-hydrogen) atoms. The van der Waals surface area contributed by atoms with Crippen LogP contribution in [0.4, 0.5) is 0 Å². The van der Waals surface area contributed by atoms with E-state index in [1.807, 2.05) is 0 Å². The van der Waals surface area contributed by atoms with Gasteiger partial charge in [-0.25, -0.2) is 10.9 Å². The van der Waals surface area contributed by atoms with Crippen LogP contribution < -0.4 is 10.9 Å². The summed E-state index contributed by atoms with van der Waals surface area (Å²) in [5.74, 6) is -0.851. The number of carbonyl (C=O) groups is 2. The highest BCUT2D eigenvalue weighted by Gasteiger charge is 2.09. The molecule has 0 bridgehead atoms. The second kappa shape index (κ2) is 10.6. The maximum Gasteiger partial charge on any atom is 0.271 e. The second-order valence-corrected chi connectivity index (χ2v) is 5.52. The Balaban J connectivity index is 2.02. The molecule has 2 amide bonds. The van der Waals surface area contributed by atoms with E-state index in [0.29, 0.717) is 11.1 Å². The average Bonchev–Trinajstić information content (AvgIpc) is 2.72. The molecule has 0 aliphatic carbocycles. The number of aliphatic hydroxyl groups excluding tert-OH is 2. The fourth-order valence-electron chi connectivity index (χ4n) is 2.03. The molecule has 0 saturated carbocycles. The molecule has 2 aromatic rings. The molecule has 4 N–H and O–H groups in total.